The van der Waals surface area contributed by atoms with Crippen molar-refractivity contribution in [3.63, 3.8) is 0 Å². The van der Waals surface area contributed by atoms with Gasteiger partial charge in [-0.2, -0.15) is 0 Å². The van der Waals surface area contributed by atoms with Gasteiger partial charge in [0.2, 0.25) is 5.76 Å². The second-order valence-electron chi connectivity index (χ2n) is 5.86. The molecule has 3 aromatic rings. The van der Waals surface area contributed by atoms with E-state index < -0.39 is 18.5 Å². The highest BCUT2D eigenvalue weighted by molar-refractivity contribution is 7.98. The van der Waals surface area contributed by atoms with E-state index in [-0.39, 0.29) is 18.2 Å². The average molecular weight is 415 g/mol. The molecule has 3 rings (SSSR count). The van der Waals surface area contributed by atoms with Gasteiger partial charge in [0.15, 0.2) is 6.61 Å². The van der Waals surface area contributed by atoms with Crippen molar-refractivity contribution in [2.75, 3.05) is 18.2 Å². The number of carbonyl (C=O) groups is 2. The molecular weight excluding hydrogens is 397 g/mol. The quantitative estimate of drug-likeness (QED) is 0.431. The molecule has 0 saturated heterocycles. The minimum Gasteiger partial charge on any atom is -0.486 e. The maximum Gasteiger partial charge on any atom is 0.374 e. The van der Waals surface area contributed by atoms with Crippen LogP contribution in [0.25, 0.3) is 0 Å². The normalized spacial score (nSPS) is 10.4. The van der Waals surface area contributed by atoms with E-state index in [4.69, 9.17) is 13.9 Å². The summed E-state index contributed by atoms with van der Waals surface area (Å²) in [6.45, 7) is -0.379. The maximum absolute atomic E-state index is 12.9. The Labute approximate surface area is 171 Å². The summed E-state index contributed by atoms with van der Waals surface area (Å²) in [6.07, 6.45) is 1.94. The summed E-state index contributed by atoms with van der Waals surface area (Å²) in [5.41, 5.74) is 0.621. The average Bonchev–Trinajstić information content (AvgIpc) is 3.21. The van der Waals surface area contributed by atoms with Crippen molar-refractivity contribution in [3.8, 4) is 5.75 Å². The van der Waals surface area contributed by atoms with Crippen LogP contribution in [0.15, 0.2) is 70.0 Å². The number of benzene rings is 2. The van der Waals surface area contributed by atoms with Crippen LogP contribution in [0.4, 0.5) is 10.1 Å². The zero-order valence-corrected chi connectivity index (χ0v) is 16.3. The zero-order chi connectivity index (χ0) is 20.6. The van der Waals surface area contributed by atoms with Gasteiger partial charge in [-0.1, -0.05) is 6.07 Å². The van der Waals surface area contributed by atoms with Crippen LogP contribution in [0, 0.1) is 5.82 Å². The van der Waals surface area contributed by atoms with Gasteiger partial charge in [-0.3, -0.25) is 4.79 Å². The van der Waals surface area contributed by atoms with Gasteiger partial charge in [-0.25, -0.2) is 9.18 Å². The molecule has 0 radical (unpaired) electrons. The first kappa shape index (κ1) is 20.5. The van der Waals surface area contributed by atoms with Crippen molar-refractivity contribution in [1.82, 2.24) is 0 Å². The van der Waals surface area contributed by atoms with Crippen molar-refractivity contribution in [2.24, 2.45) is 0 Å². The highest BCUT2D eigenvalue weighted by Gasteiger charge is 2.15. The van der Waals surface area contributed by atoms with Gasteiger partial charge in [0, 0.05) is 10.6 Å². The molecule has 0 spiro atoms. The van der Waals surface area contributed by atoms with Crippen LogP contribution in [0.1, 0.15) is 16.3 Å². The minimum atomic E-state index is -0.758. The third-order valence-corrected chi connectivity index (χ3v) is 4.47. The number of nitrogens with one attached hydrogen (secondary N) is 1. The lowest BCUT2D eigenvalue weighted by molar-refractivity contribution is -0.119. The van der Waals surface area contributed by atoms with E-state index >= 15 is 0 Å². The first-order valence-electron chi connectivity index (χ1n) is 8.61. The first-order valence-corrected chi connectivity index (χ1v) is 9.84. The summed E-state index contributed by atoms with van der Waals surface area (Å²) in [5, 5.41) is 2.66. The molecule has 2 aromatic carbocycles. The number of hydrogen-bond acceptors (Lipinski definition) is 6. The predicted octanol–water partition coefficient (Wildman–Crippen LogP) is 4.52. The van der Waals surface area contributed by atoms with Crippen LogP contribution in [-0.4, -0.2) is 24.7 Å². The third kappa shape index (κ3) is 6.11. The summed E-state index contributed by atoms with van der Waals surface area (Å²) in [6, 6.07) is 15.9. The summed E-state index contributed by atoms with van der Waals surface area (Å²) in [4.78, 5) is 25.0. The van der Waals surface area contributed by atoms with Crippen molar-refractivity contribution in [2.45, 2.75) is 11.5 Å². The predicted molar refractivity (Wildman–Crippen MR) is 107 cm³/mol. The molecule has 0 saturated carbocycles. The second kappa shape index (κ2) is 9.79. The molecule has 8 heteroatoms. The number of ether oxygens (including phenoxy) is 2. The van der Waals surface area contributed by atoms with E-state index in [1.807, 2.05) is 24.5 Å². The van der Waals surface area contributed by atoms with Gasteiger partial charge in [0.25, 0.3) is 5.91 Å². The summed E-state index contributed by atoms with van der Waals surface area (Å²) in [5.74, 6) is -0.760. The van der Waals surface area contributed by atoms with Gasteiger partial charge in [-0.15, -0.1) is 11.8 Å². The van der Waals surface area contributed by atoms with Crippen LogP contribution >= 0.6 is 11.8 Å². The largest absolute Gasteiger partial charge is 0.486 e. The number of amides is 1. The number of hydrogen-bond donors (Lipinski definition) is 1. The van der Waals surface area contributed by atoms with E-state index in [2.05, 4.69) is 5.32 Å². The standard InChI is InChI=1S/C21H18FNO5S/c1-29-18-4-2-3-15(11-18)23-20(24)13-27-21(25)19-10-9-17(28-19)12-26-16-7-5-14(22)6-8-16/h2-11H,12-13H2,1H3,(H,23,24). The lowest BCUT2D eigenvalue weighted by atomic mass is 10.3. The van der Waals surface area contributed by atoms with E-state index in [0.717, 1.165) is 4.90 Å². The Kier molecular flexibility index (Phi) is 6.91. The molecule has 1 aromatic heterocycles. The highest BCUT2D eigenvalue weighted by Crippen LogP contribution is 2.19. The summed E-state index contributed by atoms with van der Waals surface area (Å²) < 4.78 is 28.7. The van der Waals surface area contributed by atoms with E-state index in [1.54, 1.807) is 23.9 Å². The fraction of sp³-hybridized carbons (Fsp3) is 0.143. The van der Waals surface area contributed by atoms with Gasteiger partial charge in [0.05, 0.1) is 0 Å². The number of furan rings is 1. The fourth-order valence-corrected chi connectivity index (χ4v) is 2.81. The SMILES string of the molecule is CSc1cccc(NC(=O)COC(=O)c2ccc(COc3ccc(F)cc3)o2)c1. The van der Waals surface area contributed by atoms with Gasteiger partial charge in [-0.05, 0) is 60.9 Å². The first-order chi connectivity index (χ1) is 14.0. The molecule has 0 fully saturated rings. The Hall–Kier alpha value is -3.26. The lowest BCUT2D eigenvalue weighted by Gasteiger charge is -2.07. The summed E-state index contributed by atoms with van der Waals surface area (Å²) in [7, 11) is 0. The van der Waals surface area contributed by atoms with E-state index in [1.165, 1.54) is 30.3 Å². The number of halogens is 1. The highest BCUT2D eigenvalue weighted by atomic mass is 32.2. The monoisotopic (exact) mass is 415 g/mol. The smallest absolute Gasteiger partial charge is 0.374 e. The molecule has 29 heavy (non-hydrogen) atoms. The topological polar surface area (TPSA) is 77.8 Å². The van der Waals surface area contributed by atoms with E-state index in [9.17, 15) is 14.0 Å². The van der Waals surface area contributed by atoms with Gasteiger partial charge >= 0.3 is 5.97 Å². The van der Waals surface area contributed by atoms with Crippen molar-refractivity contribution in [3.05, 3.63) is 78.0 Å². The lowest BCUT2D eigenvalue weighted by Crippen LogP contribution is -2.20. The van der Waals surface area contributed by atoms with Crippen LogP contribution in [0.3, 0.4) is 0 Å². The van der Waals surface area contributed by atoms with Crippen molar-refractivity contribution in [1.29, 1.82) is 0 Å². The molecule has 150 valence electrons. The molecule has 1 amide bonds. The van der Waals surface area contributed by atoms with Crippen molar-refractivity contribution < 1.29 is 27.9 Å². The Morgan fingerprint density at radius 1 is 1.10 bits per heavy atom. The molecule has 1 heterocycles. The number of anilines is 1. The Morgan fingerprint density at radius 2 is 1.90 bits per heavy atom. The number of thioether (sulfide) groups is 1. The Balaban J connectivity index is 1.46. The second-order valence-corrected chi connectivity index (χ2v) is 6.74. The number of rotatable bonds is 8. The third-order valence-electron chi connectivity index (χ3n) is 3.75. The molecule has 0 aliphatic heterocycles. The van der Waals surface area contributed by atoms with Crippen LogP contribution < -0.4 is 10.1 Å². The Bertz CT molecular complexity index is 987. The molecule has 0 unspecified atom stereocenters. The molecule has 0 aliphatic rings. The zero-order valence-electron chi connectivity index (χ0n) is 15.5. The van der Waals surface area contributed by atoms with Crippen LogP contribution in [-0.2, 0) is 16.1 Å². The molecular formula is C21H18FNO5S. The van der Waals surface area contributed by atoms with Gasteiger partial charge < -0.3 is 19.2 Å². The number of carbonyl (C=O) groups excluding carboxylic acids is 2. The minimum absolute atomic E-state index is 0.0418. The van der Waals surface area contributed by atoms with Crippen LogP contribution in [0.2, 0.25) is 0 Å². The molecule has 0 bridgehead atoms. The van der Waals surface area contributed by atoms with E-state index in [0.29, 0.717) is 17.2 Å². The van der Waals surface area contributed by atoms with Crippen LogP contribution in [0.5, 0.6) is 5.75 Å². The molecule has 6 nitrogen and oxygen atoms in total. The molecule has 0 aliphatic carbocycles. The number of esters is 1. The molecule has 0 atom stereocenters. The van der Waals surface area contributed by atoms with Gasteiger partial charge in [0.1, 0.15) is 23.9 Å². The fourth-order valence-electron chi connectivity index (χ4n) is 2.35. The van der Waals surface area contributed by atoms with Crippen molar-refractivity contribution >= 4 is 29.3 Å². The molecule has 1 N–H and O–H groups in total. The summed E-state index contributed by atoms with van der Waals surface area (Å²) >= 11 is 1.56. The maximum atomic E-state index is 12.9. The Morgan fingerprint density at radius 3 is 2.66 bits per heavy atom.